The van der Waals surface area contributed by atoms with Gasteiger partial charge in [0.15, 0.2) is 0 Å². The van der Waals surface area contributed by atoms with E-state index in [4.69, 9.17) is 0 Å². The largest absolute Gasteiger partial charge is 0.192 e. The van der Waals surface area contributed by atoms with Crippen molar-refractivity contribution in [2.75, 3.05) is 7.05 Å². The van der Waals surface area contributed by atoms with Crippen molar-refractivity contribution in [2.24, 2.45) is 10.2 Å². The van der Waals surface area contributed by atoms with Gasteiger partial charge in [0.05, 0.1) is 5.70 Å². The molecule has 0 rings (SSSR count). The van der Waals surface area contributed by atoms with Crippen LogP contribution in [0.4, 0.5) is 0 Å². The molecule has 0 saturated heterocycles. The van der Waals surface area contributed by atoms with Gasteiger partial charge in [-0.05, 0) is 18.6 Å². The van der Waals surface area contributed by atoms with Gasteiger partial charge < -0.3 is 0 Å². The molecule has 0 saturated carbocycles. The lowest BCUT2D eigenvalue weighted by atomic mass is 10.2. The Morgan fingerprint density at radius 3 is 2.20 bits per heavy atom. The average molecular weight is 136 g/mol. The van der Waals surface area contributed by atoms with Gasteiger partial charge in [0.2, 0.25) is 0 Å². The second-order valence-corrected chi connectivity index (χ2v) is 1.78. The van der Waals surface area contributed by atoms with Crippen LogP contribution in [0.1, 0.15) is 6.92 Å². The van der Waals surface area contributed by atoms with E-state index in [0.717, 1.165) is 11.3 Å². The first-order valence-corrected chi connectivity index (χ1v) is 3.01. The van der Waals surface area contributed by atoms with Crippen LogP contribution in [0.25, 0.3) is 0 Å². The molecule has 0 atom stereocenters. The molecule has 0 aromatic rings. The number of hydrogen-bond acceptors (Lipinski definition) is 2. The van der Waals surface area contributed by atoms with E-state index in [-0.39, 0.29) is 0 Å². The molecule has 2 nitrogen and oxygen atoms in total. The van der Waals surface area contributed by atoms with Gasteiger partial charge in [-0.15, -0.1) is 0 Å². The zero-order valence-corrected chi connectivity index (χ0v) is 6.46. The first-order chi connectivity index (χ1) is 4.76. The maximum atomic E-state index is 3.83. The highest BCUT2D eigenvalue weighted by molar-refractivity contribution is 5.27. The fourth-order valence-corrected chi connectivity index (χ4v) is 0.493. The second-order valence-electron chi connectivity index (χ2n) is 1.78. The maximum absolute atomic E-state index is 3.83. The molecule has 0 spiro atoms. The number of rotatable bonds is 3. The van der Waals surface area contributed by atoms with E-state index in [9.17, 15) is 0 Å². The van der Waals surface area contributed by atoms with Crippen molar-refractivity contribution in [1.29, 1.82) is 0 Å². The third-order valence-corrected chi connectivity index (χ3v) is 1.11. The quantitative estimate of drug-likeness (QED) is 0.421. The summed E-state index contributed by atoms with van der Waals surface area (Å²) in [6.45, 7) is 9.11. The zero-order valence-electron chi connectivity index (χ0n) is 6.46. The summed E-state index contributed by atoms with van der Waals surface area (Å²) in [4.78, 5) is 0. The SMILES string of the molecule is C=C/C(C)=C(\C=C)N=NC. The smallest absolute Gasteiger partial charge is 0.0875 e. The summed E-state index contributed by atoms with van der Waals surface area (Å²) in [6, 6.07) is 0. The van der Waals surface area contributed by atoms with Gasteiger partial charge in [-0.2, -0.15) is 10.2 Å². The molecule has 0 aliphatic rings. The molecule has 0 N–H and O–H groups in total. The normalized spacial score (nSPS) is 13.0. The van der Waals surface area contributed by atoms with Crippen molar-refractivity contribution in [1.82, 2.24) is 0 Å². The monoisotopic (exact) mass is 136 g/mol. The molecule has 0 aliphatic heterocycles. The highest BCUT2D eigenvalue weighted by Crippen LogP contribution is 2.07. The van der Waals surface area contributed by atoms with Crippen LogP contribution in [-0.2, 0) is 0 Å². The summed E-state index contributed by atoms with van der Waals surface area (Å²) in [5.41, 5.74) is 1.76. The number of allylic oxidation sites excluding steroid dienone is 3. The predicted molar refractivity (Wildman–Crippen MR) is 43.9 cm³/mol. The van der Waals surface area contributed by atoms with E-state index < -0.39 is 0 Å². The fraction of sp³-hybridized carbons (Fsp3) is 0.250. The predicted octanol–water partition coefficient (Wildman–Crippen LogP) is 2.71. The van der Waals surface area contributed by atoms with Crippen molar-refractivity contribution in [3.63, 3.8) is 0 Å². The Balaban J connectivity index is 4.61. The van der Waals surface area contributed by atoms with E-state index in [1.807, 2.05) is 6.92 Å². The molecule has 0 bridgehead atoms. The van der Waals surface area contributed by atoms with Gasteiger partial charge in [0.1, 0.15) is 0 Å². The third kappa shape index (κ3) is 2.40. The molecule has 0 fully saturated rings. The summed E-state index contributed by atoms with van der Waals surface area (Å²) >= 11 is 0. The minimum atomic E-state index is 0.775. The minimum Gasteiger partial charge on any atom is -0.192 e. The molecular weight excluding hydrogens is 124 g/mol. The molecule has 0 amide bonds. The van der Waals surface area contributed by atoms with Gasteiger partial charge in [0.25, 0.3) is 0 Å². The van der Waals surface area contributed by atoms with E-state index in [1.54, 1.807) is 19.2 Å². The lowest BCUT2D eigenvalue weighted by Gasteiger charge is -1.93. The van der Waals surface area contributed by atoms with Gasteiger partial charge in [-0.25, -0.2) is 0 Å². The Labute approximate surface area is 61.7 Å². The van der Waals surface area contributed by atoms with Gasteiger partial charge >= 0.3 is 0 Å². The molecule has 0 heterocycles. The molecular formula is C8H12N2. The molecule has 54 valence electrons. The third-order valence-electron chi connectivity index (χ3n) is 1.11. The molecule has 0 unspecified atom stereocenters. The maximum Gasteiger partial charge on any atom is 0.0875 e. The lowest BCUT2D eigenvalue weighted by molar-refractivity contribution is 1.10. The fourth-order valence-electron chi connectivity index (χ4n) is 0.493. The highest BCUT2D eigenvalue weighted by Gasteiger charge is 1.89. The number of hydrogen-bond donors (Lipinski definition) is 0. The minimum absolute atomic E-state index is 0.775. The summed E-state index contributed by atoms with van der Waals surface area (Å²) in [6.07, 6.45) is 3.38. The van der Waals surface area contributed by atoms with Crippen LogP contribution in [0.2, 0.25) is 0 Å². The van der Waals surface area contributed by atoms with E-state index in [0.29, 0.717) is 0 Å². The van der Waals surface area contributed by atoms with Crippen LogP contribution in [-0.4, -0.2) is 7.05 Å². The summed E-state index contributed by atoms with van der Waals surface area (Å²) in [5.74, 6) is 0. The Hall–Kier alpha value is -1.18. The highest BCUT2D eigenvalue weighted by atomic mass is 15.1. The van der Waals surface area contributed by atoms with Crippen LogP contribution >= 0.6 is 0 Å². The lowest BCUT2D eigenvalue weighted by Crippen LogP contribution is -1.75. The van der Waals surface area contributed by atoms with E-state index >= 15 is 0 Å². The Kier molecular flexibility index (Phi) is 4.12. The zero-order chi connectivity index (χ0) is 7.98. The van der Waals surface area contributed by atoms with Crippen LogP contribution in [0, 0.1) is 0 Å². The van der Waals surface area contributed by atoms with Crippen molar-refractivity contribution >= 4 is 0 Å². The molecule has 2 heteroatoms. The Morgan fingerprint density at radius 1 is 1.30 bits per heavy atom. The van der Waals surface area contributed by atoms with E-state index in [2.05, 4.69) is 23.4 Å². The number of azo groups is 1. The van der Waals surface area contributed by atoms with Crippen LogP contribution in [0.5, 0.6) is 0 Å². The molecule has 0 radical (unpaired) electrons. The Morgan fingerprint density at radius 2 is 1.90 bits per heavy atom. The summed E-state index contributed by atoms with van der Waals surface area (Å²) in [5, 5.41) is 7.45. The first-order valence-electron chi connectivity index (χ1n) is 3.01. The summed E-state index contributed by atoms with van der Waals surface area (Å²) < 4.78 is 0. The first kappa shape index (κ1) is 8.82. The van der Waals surface area contributed by atoms with Crippen molar-refractivity contribution in [2.45, 2.75) is 6.92 Å². The van der Waals surface area contributed by atoms with E-state index in [1.165, 1.54) is 0 Å². The average Bonchev–Trinajstić information content (AvgIpc) is 1.99. The van der Waals surface area contributed by atoms with Crippen LogP contribution < -0.4 is 0 Å². The Bertz CT molecular complexity index is 187. The number of nitrogens with zero attached hydrogens (tertiary/aromatic N) is 2. The molecule has 10 heavy (non-hydrogen) atoms. The van der Waals surface area contributed by atoms with Gasteiger partial charge in [-0.3, -0.25) is 0 Å². The van der Waals surface area contributed by atoms with Crippen LogP contribution in [0.3, 0.4) is 0 Å². The van der Waals surface area contributed by atoms with Gasteiger partial charge in [-0.1, -0.05) is 19.2 Å². The molecule has 0 aliphatic carbocycles. The summed E-state index contributed by atoms with van der Waals surface area (Å²) in [7, 11) is 1.62. The topological polar surface area (TPSA) is 24.7 Å². The standard InChI is InChI=1S/C8H12N2/c1-5-7(3)8(6-2)10-9-4/h5-6H,1-2H2,3-4H3/b8-7+,10-9?. The van der Waals surface area contributed by atoms with Crippen molar-refractivity contribution < 1.29 is 0 Å². The molecule has 0 aromatic carbocycles. The van der Waals surface area contributed by atoms with Gasteiger partial charge in [0, 0.05) is 7.05 Å². The van der Waals surface area contributed by atoms with Crippen molar-refractivity contribution in [3.8, 4) is 0 Å². The molecule has 0 aromatic heterocycles. The van der Waals surface area contributed by atoms with Crippen molar-refractivity contribution in [3.05, 3.63) is 36.6 Å². The van der Waals surface area contributed by atoms with Crippen LogP contribution in [0.15, 0.2) is 46.8 Å². The second kappa shape index (κ2) is 4.68.